The Morgan fingerprint density at radius 3 is 2.46 bits per heavy atom. The van der Waals surface area contributed by atoms with E-state index in [0.717, 1.165) is 5.69 Å². The van der Waals surface area contributed by atoms with E-state index in [0.29, 0.717) is 10.7 Å². The summed E-state index contributed by atoms with van der Waals surface area (Å²) in [5.74, 6) is 0. The molecule has 2 N–H and O–H groups in total. The molecular formula is C8H11ClN2O2. The average Bonchev–Trinajstić information content (AvgIpc) is 2.12. The van der Waals surface area contributed by atoms with Gasteiger partial charge in [0, 0.05) is 0 Å². The van der Waals surface area contributed by atoms with Crippen molar-refractivity contribution in [3.63, 3.8) is 0 Å². The molecule has 13 heavy (non-hydrogen) atoms. The zero-order chi connectivity index (χ0) is 9.68. The third-order valence-corrected chi connectivity index (χ3v) is 1.73. The molecule has 1 aromatic carbocycles. The number of hydrogen-bond donors (Lipinski definition) is 2. The highest BCUT2D eigenvalue weighted by molar-refractivity contribution is 6.33. The lowest BCUT2D eigenvalue weighted by Crippen LogP contribution is -1.99. The maximum Gasteiger partial charge on any atom is 0.0812 e. The van der Waals surface area contributed by atoms with E-state index >= 15 is 0 Å². The molecule has 0 spiro atoms. The van der Waals surface area contributed by atoms with Crippen molar-refractivity contribution in [2.75, 3.05) is 25.2 Å². The van der Waals surface area contributed by atoms with Crippen LogP contribution in [0.5, 0.6) is 0 Å². The summed E-state index contributed by atoms with van der Waals surface area (Å²) in [7, 11) is 3.06. The molecule has 0 aliphatic heterocycles. The van der Waals surface area contributed by atoms with Crippen molar-refractivity contribution in [3.8, 4) is 0 Å². The second kappa shape index (κ2) is 4.91. The van der Waals surface area contributed by atoms with Crippen molar-refractivity contribution in [2.24, 2.45) is 0 Å². The summed E-state index contributed by atoms with van der Waals surface area (Å²) in [5.41, 5.74) is 6.81. The zero-order valence-corrected chi connectivity index (χ0v) is 8.18. The van der Waals surface area contributed by atoms with E-state index in [1.165, 1.54) is 14.2 Å². The van der Waals surface area contributed by atoms with Crippen LogP contribution in [0.4, 0.5) is 11.4 Å². The minimum Gasteiger partial charge on any atom is -0.279 e. The smallest absolute Gasteiger partial charge is 0.0812 e. The summed E-state index contributed by atoms with van der Waals surface area (Å²) in [4.78, 5) is 9.48. The average molecular weight is 203 g/mol. The van der Waals surface area contributed by atoms with E-state index in [9.17, 15) is 0 Å². The van der Waals surface area contributed by atoms with Crippen molar-refractivity contribution >= 4 is 23.0 Å². The summed E-state index contributed by atoms with van der Waals surface area (Å²) in [6, 6.07) is 5.31. The third kappa shape index (κ3) is 2.77. The third-order valence-electron chi connectivity index (χ3n) is 1.40. The van der Waals surface area contributed by atoms with Crippen molar-refractivity contribution < 1.29 is 9.68 Å². The van der Waals surface area contributed by atoms with Gasteiger partial charge in [0.15, 0.2) is 0 Å². The van der Waals surface area contributed by atoms with Gasteiger partial charge in [0.25, 0.3) is 0 Å². The van der Waals surface area contributed by atoms with Gasteiger partial charge in [-0.05, 0) is 18.2 Å². The van der Waals surface area contributed by atoms with Gasteiger partial charge in [-0.2, -0.15) is 0 Å². The van der Waals surface area contributed by atoms with Gasteiger partial charge in [-0.25, -0.2) is 0 Å². The van der Waals surface area contributed by atoms with Crippen LogP contribution >= 0.6 is 11.6 Å². The normalized spacial score (nSPS) is 9.77. The Morgan fingerprint density at radius 1 is 1.15 bits per heavy atom. The Morgan fingerprint density at radius 2 is 1.85 bits per heavy atom. The molecule has 0 amide bonds. The molecule has 0 atom stereocenters. The predicted molar refractivity (Wildman–Crippen MR) is 52.7 cm³/mol. The van der Waals surface area contributed by atoms with E-state index < -0.39 is 0 Å². The van der Waals surface area contributed by atoms with Crippen molar-refractivity contribution in [1.82, 2.24) is 0 Å². The topological polar surface area (TPSA) is 42.5 Å². The van der Waals surface area contributed by atoms with E-state index in [4.69, 9.17) is 21.3 Å². The van der Waals surface area contributed by atoms with Crippen LogP contribution in [-0.4, -0.2) is 14.2 Å². The van der Waals surface area contributed by atoms with Crippen molar-refractivity contribution in [3.05, 3.63) is 23.2 Å². The Balaban J connectivity index is 2.83. The summed E-state index contributed by atoms with van der Waals surface area (Å²) in [6.45, 7) is 0. The Bertz CT molecular complexity index is 281. The molecule has 0 unspecified atom stereocenters. The number of nitrogens with one attached hydrogen (secondary N) is 2. The second-order valence-corrected chi connectivity index (χ2v) is 2.71. The molecule has 0 fully saturated rings. The number of halogens is 1. The SMILES string of the molecule is CONc1ccc(Cl)c(NOC)c1. The molecule has 5 heteroatoms. The highest BCUT2D eigenvalue weighted by atomic mass is 35.5. The van der Waals surface area contributed by atoms with E-state index in [1.54, 1.807) is 18.2 Å². The minimum atomic E-state index is 0.587. The minimum absolute atomic E-state index is 0.587. The second-order valence-electron chi connectivity index (χ2n) is 2.31. The molecular weight excluding hydrogens is 192 g/mol. The van der Waals surface area contributed by atoms with Gasteiger partial charge in [-0.1, -0.05) is 11.6 Å². The monoisotopic (exact) mass is 202 g/mol. The lowest BCUT2D eigenvalue weighted by atomic mass is 10.3. The van der Waals surface area contributed by atoms with Gasteiger partial charge in [0.2, 0.25) is 0 Å². The molecule has 0 radical (unpaired) electrons. The van der Waals surface area contributed by atoms with Gasteiger partial charge in [0.1, 0.15) is 0 Å². The van der Waals surface area contributed by atoms with Crippen molar-refractivity contribution in [1.29, 1.82) is 0 Å². The molecule has 0 aliphatic rings. The molecule has 0 saturated heterocycles. The first-order valence-corrected chi connectivity index (χ1v) is 4.03. The van der Waals surface area contributed by atoms with Gasteiger partial charge in [-0.15, -0.1) is 0 Å². The number of hydrogen-bond acceptors (Lipinski definition) is 4. The molecule has 72 valence electrons. The number of anilines is 2. The van der Waals surface area contributed by atoms with Crippen LogP contribution in [0.3, 0.4) is 0 Å². The van der Waals surface area contributed by atoms with Gasteiger partial charge in [-0.3, -0.25) is 20.6 Å². The van der Waals surface area contributed by atoms with Crippen LogP contribution in [0.2, 0.25) is 5.02 Å². The summed E-state index contributed by atoms with van der Waals surface area (Å²) in [5, 5.41) is 0.587. The van der Waals surface area contributed by atoms with Crippen LogP contribution in [-0.2, 0) is 9.68 Å². The molecule has 0 saturated carbocycles. The highest BCUT2D eigenvalue weighted by Gasteiger charge is 2.00. The van der Waals surface area contributed by atoms with E-state index in [1.807, 2.05) is 0 Å². The van der Waals surface area contributed by atoms with Gasteiger partial charge < -0.3 is 0 Å². The molecule has 4 nitrogen and oxygen atoms in total. The maximum atomic E-state index is 5.86. The fourth-order valence-electron chi connectivity index (χ4n) is 0.895. The van der Waals surface area contributed by atoms with E-state index in [2.05, 4.69) is 11.0 Å². The fraction of sp³-hybridized carbons (Fsp3) is 0.250. The highest BCUT2D eigenvalue weighted by Crippen LogP contribution is 2.25. The Hall–Kier alpha value is -0.970. The quantitative estimate of drug-likeness (QED) is 0.736. The summed E-state index contributed by atoms with van der Waals surface area (Å²) >= 11 is 5.86. The molecule has 1 rings (SSSR count). The summed E-state index contributed by atoms with van der Waals surface area (Å²) in [6.07, 6.45) is 0. The first-order chi connectivity index (χ1) is 6.27. The van der Waals surface area contributed by atoms with Gasteiger partial charge in [0.05, 0.1) is 30.6 Å². The maximum absolute atomic E-state index is 5.86. The zero-order valence-electron chi connectivity index (χ0n) is 7.43. The first kappa shape index (κ1) is 10.1. The van der Waals surface area contributed by atoms with Gasteiger partial charge >= 0.3 is 0 Å². The largest absolute Gasteiger partial charge is 0.279 e. The van der Waals surface area contributed by atoms with E-state index in [-0.39, 0.29) is 0 Å². The van der Waals surface area contributed by atoms with Crippen molar-refractivity contribution in [2.45, 2.75) is 0 Å². The van der Waals surface area contributed by atoms with Crippen LogP contribution in [0, 0.1) is 0 Å². The standard InChI is InChI=1S/C8H11ClN2O2/c1-12-10-6-3-4-7(9)8(5-6)11-13-2/h3-5,10-11H,1-2H3. The molecule has 0 aromatic heterocycles. The molecule has 0 heterocycles. The lowest BCUT2D eigenvalue weighted by molar-refractivity contribution is 0.268. The molecule has 0 aliphatic carbocycles. The van der Waals surface area contributed by atoms with Crippen LogP contribution in [0.25, 0.3) is 0 Å². The number of benzene rings is 1. The Labute approximate surface area is 81.7 Å². The Kier molecular flexibility index (Phi) is 3.82. The van der Waals surface area contributed by atoms with Crippen LogP contribution < -0.4 is 11.0 Å². The van der Waals surface area contributed by atoms with Crippen LogP contribution in [0.15, 0.2) is 18.2 Å². The number of rotatable bonds is 4. The first-order valence-electron chi connectivity index (χ1n) is 3.65. The summed E-state index contributed by atoms with van der Waals surface area (Å²) < 4.78 is 0. The molecule has 0 bridgehead atoms. The predicted octanol–water partition coefficient (Wildman–Crippen LogP) is 2.29. The van der Waals surface area contributed by atoms with Crippen LogP contribution in [0.1, 0.15) is 0 Å². The lowest BCUT2D eigenvalue weighted by Gasteiger charge is -2.08. The fourth-order valence-corrected chi connectivity index (χ4v) is 1.05. The molecule has 1 aromatic rings.